The van der Waals surface area contributed by atoms with Gasteiger partial charge in [-0.1, -0.05) is 41.4 Å². The fourth-order valence-electron chi connectivity index (χ4n) is 2.41. The van der Waals surface area contributed by atoms with Crippen LogP contribution in [0.25, 0.3) is 0 Å². The Labute approximate surface area is 161 Å². The molecular weight excluding hydrogens is 402 g/mol. The van der Waals surface area contributed by atoms with Gasteiger partial charge in [-0.05, 0) is 36.8 Å². The number of anilines is 1. The third kappa shape index (κ3) is 4.87. The molecule has 0 aromatic heterocycles. The summed E-state index contributed by atoms with van der Waals surface area (Å²) in [7, 11) is -3.89. The van der Waals surface area contributed by atoms with Crippen molar-refractivity contribution in [3.8, 4) is 0 Å². The summed E-state index contributed by atoms with van der Waals surface area (Å²) in [5.74, 6) is -1.33. The Hall–Kier alpha value is -1.83. The number of carbonyl (C=O) groups is 1. The molecule has 0 fully saturated rings. The molecule has 1 amide bonds. The van der Waals surface area contributed by atoms with E-state index in [0.29, 0.717) is 15.6 Å². The second-order valence-electron chi connectivity index (χ2n) is 5.64. The average molecular weight is 419 g/mol. The number of amides is 1. The summed E-state index contributed by atoms with van der Waals surface area (Å²) >= 11 is 11.9. The van der Waals surface area contributed by atoms with E-state index in [0.717, 1.165) is 16.6 Å². The van der Waals surface area contributed by atoms with E-state index in [1.165, 1.54) is 31.2 Å². The van der Waals surface area contributed by atoms with Crippen molar-refractivity contribution >= 4 is 44.8 Å². The summed E-state index contributed by atoms with van der Waals surface area (Å²) in [4.78, 5) is 12.5. The van der Waals surface area contributed by atoms with Gasteiger partial charge in [0.05, 0.1) is 11.9 Å². The third-order valence-corrected chi connectivity index (χ3v) is 5.46. The third-order valence-electron chi connectivity index (χ3n) is 3.65. The first-order chi connectivity index (χ1) is 12.1. The number of para-hydroxylation sites is 1. The predicted molar refractivity (Wildman–Crippen MR) is 101 cm³/mol. The number of nitrogens with one attached hydrogen (secondary N) is 1. The Bertz CT molecular complexity index is 922. The number of hydrogen-bond acceptors (Lipinski definition) is 3. The molecule has 0 aliphatic rings. The number of hydrogen-bond donors (Lipinski definition) is 1. The van der Waals surface area contributed by atoms with Gasteiger partial charge in [-0.15, -0.1) is 0 Å². The number of sulfonamides is 1. The van der Waals surface area contributed by atoms with Crippen LogP contribution in [0.2, 0.25) is 10.0 Å². The SMILES string of the molecule is C[C@H](C(=O)NCc1ccc(Cl)cc1Cl)N(c1ccccc1F)S(C)(=O)=O. The van der Waals surface area contributed by atoms with Crippen molar-refractivity contribution in [3.63, 3.8) is 0 Å². The zero-order valence-electron chi connectivity index (χ0n) is 14.0. The van der Waals surface area contributed by atoms with Crippen LogP contribution in [0.1, 0.15) is 12.5 Å². The molecule has 0 heterocycles. The van der Waals surface area contributed by atoms with Gasteiger partial charge in [-0.3, -0.25) is 9.10 Å². The van der Waals surface area contributed by atoms with E-state index in [9.17, 15) is 17.6 Å². The van der Waals surface area contributed by atoms with Crippen molar-refractivity contribution in [1.82, 2.24) is 5.32 Å². The summed E-state index contributed by atoms with van der Waals surface area (Å²) < 4.78 is 39.1. The van der Waals surface area contributed by atoms with E-state index in [1.807, 2.05) is 0 Å². The molecule has 1 N–H and O–H groups in total. The molecule has 2 aromatic rings. The van der Waals surface area contributed by atoms with Crippen LogP contribution in [0.15, 0.2) is 42.5 Å². The molecule has 0 aliphatic heterocycles. The van der Waals surface area contributed by atoms with Gasteiger partial charge >= 0.3 is 0 Å². The van der Waals surface area contributed by atoms with E-state index in [1.54, 1.807) is 12.1 Å². The van der Waals surface area contributed by atoms with Crippen LogP contribution in [-0.4, -0.2) is 26.6 Å². The molecule has 9 heteroatoms. The van der Waals surface area contributed by atoms with Crippen LogP contribution in [0.4, 0.5) is 10.1 Å². The molecule has 0 unspecified atom stereocenters. The first kappa shape index (κ1) is 20.5. The maximum atomic E-state index is 14.1. The molecule has 0 radical (unpaired) electrons. The van der Waals surface area contributed by atoms with Gasteiger partial charge in [-0.25, -0.2) is 12.8 Å². The highest BCUT2D eigenvalue weighted by atomic mass is 35.5. The van der Waals surface area contributed by atoms with Crippen molar-refractivity contribution in [2.75, 3.05) is 10.6 Å². The topological polar surface area (TPSA) is 66.5 Å². The van der Waals surface area contributed by atoms with E-state index < -0.39 is 27.8 Å². The van der Waals surface area contributed by atoms with Crippen LogP contribution in [-0.2, 0) is 21.4 Å². The van der Waals surface area contributed by atoms with Crippen LogP contribution in [0.3, 0.4) is 0 Å². The Morgan fingerprint density at radius 3 is 2.46 bits per heavy atom. The smallest absolute Gasteiger partial charge is 0.243 e. The maximum absolute atomic E-state index is 14.1. The Balaban J connectivity index is 2.22. The van der Waals surface area contributed by atoms with Crippen molar-refractivity contribution in [2.45, 2.75) is 19.5 Å². The fourth-order valence-corrected chi connectivity index (χ4v) is 4.06. The monoisotopic (exact) mass is 418 g/mol. The molecule has 2 aromatic carbocycles. The molecular formula is C17H17Cl2FN2O3S. The fraction of sp³-hybridized carbons (Fsp3) is 0.235. The van der Waals surface area contributed by atoms with Crippen molar-refractivity contribution in [1.29, 1.82) is 0 Å². The predicted octanol–water partition coefficient (Wildman–Crippen LogP) is 3.60. The molecule has 0 saturated carbocycles. The minimum absolute atomic E-state index is 0.0774. The number of carbonyl (C=O) groups excluding carboxylic acids is 1. The summed E-state index contributed by atoms with van der Waals surface area (Å²) in [5, 5.41) is 3.44. The largest absolute Gasteiger partial charge is 0.350 e. The highest BCUT2D eigenvalue weighted by Crippen LogP contribution is 2.24. The summed E-state index contributed by atoms with van der Waals surface area (Å²) in [5.41, 5.74) is 0.426. The van der Waals surface area contributed by atoms with E-state index >= 15 is 0 Å². The molecule has 0 bridgehead atoms. The summed E-state index contributed by atoms with van der Waals surface area (Å²) in [6.45, 7) is 1.46. The van der Waals surface area contributed by atoms with Gasteiger partial charge in [0.15, 0.2) is 0 Å². The van der Waals surface area contributed by atoms with E-state index in [4.69, 9.17) is 23.2 Å². The Morgan fingerprint density at radius 1 is 1.23 bits per heavy atom. The molecule has 140 valence electrons. The van der Waals surface area contributed by atoms with Crippen LogP contribution in [0.5, 0.6) is 0 Å². The maximum Gasteiger partial charge on any atom is 0.243 e. The molecule has 2 rings (SSSR count). The van der Waals surface area contributed by atoms with E-state index in [-0.39, 0.29) is 12.2 Å². The van der Waals surface area contributed by atoms with Crippen molar-refractivity contribution < 1.29 is 17.6 Å². The molecule has 5 nitrogen and oxygen atoms in total. The second kappa shape index (κ2) is 8.24. The summed E-state index contributed by atoms with van der Waals surface area (Å²) in [6, 6.07) is 9.02. The zero-order valence-corrected chi connectivity index (χ0v) is 16.4. The average Bonchev–Trinajstić information content (AvgIpc) is 2.54. The van der Waals surface area contributed by atoms with E-state index in [2.05, 4.69) is 5.32 Å². The highest BCUT2D eigenvalue weighted by molar-refractivity contribution is 7.92. The first-order valence-electron chi connectivity index (χ1n) is 7.57. The number of nitrogens with zero attached hydrogens (tertiary/aromatic N) is 1. The zero-order chi connectivity index (χ0) is 19.5. The number of benzene rings is 2. The Morgan fingerprint density at radius 2 is 1.88 bits per heavy atom. The lowest BCUT2D eigenvalue weighted by molar-refractivity contribution is -0.122. The minimum Gasteiger partial charge on any atom is -0.350 e. The van der Waals surface area contributed by atoms with Gasteiger partial charge in [0.2, 0.25) is 15.9 Å². The molecule has 0 spiro atoms. The standard InChI is InChI=1S/C17H17Cl2FN2O3S/c1-11(17(23)21-10-12-7-8-13(18)9-14(12)19)22(26(2,24)25)16-6-4-3-5-15(16)20/h3-9,11H,10H2,1-2H3,(H,21,23)/t11-/m1/s1. The van der Waals surface area contributed by atoms with Gasteiger partial charge in [-0.2, -0.15) is 0 Å². The second-order valence-corrected chi connectivity index (χ2v) is 8.34. The lowest BCUT2D eigenvalue weighted by Gasteiger charge is -2.28. The van der Waals surface area contributed by atoms with Gasteiger partial charge in [0.1, 0.15) is 11.9 Å². The van der Waals surface area contributed by atoms with Crippen LogP contribution < -0.4 is 9.62 Å². The molecule has 1 atom stereocenters. The lowest BCUT2D eigenvalue weighted by Crippen LogP contribution is -2.48. The van der Waals surface area contributed by atoms with Gasteiger partial charge in [0, 0.05) is 16.6 Å². The quantitative estimate of drug-likeness (QED) is 0.778. The number of halogens is 3. The molecule has 26 heavy (non-hydrogen) atoms. The van der Waals surface area contributed by atoms with Crippen LogP contribution >= 0.6 is 23.2 Å². The minimum atomic E-state index is -3.89. The van der Waals surface area contributed by atoms with Crippen LogP contribution in [0, 0.1) is 5.82 Å². The van der Waals surface area contributed by atoms with Crippen molar-refractivity contribution in [2.24, 2.45) is 0 Å². The van der Waals surface area contributed by atoms with Gasteiger partial charge in [0.25, 0.3) is 0 Å². The molecule has 0 aliphatic carbocycles. The lowest BCUT2D eigenvalue weighted by atomic mass is 10.2. The first-order valence-corrected chi connectivity index (χ1v) is 10.2. The molecule has 0 saturated heterocycles. The van der Waals surface area contributed by atoms with Crippen molar-refractivity contribution in [3.05, 3.63) is 63.9 Å². The Kier molecular flexibility index (Phi) is 6.49. The highest BCUT2D eigenvalue weighted by Gasteiger charge is 2.30. The number of rotatable bonds is 6. The summed E-state index contributed by atoms with van der Waals surface area (Å²) in [6.07, 6.45) is 0.916. The normalized spacial score (nSPS) is 12.5. The van der Waals surface area contributed by atoms with Gasteiger partial charge < -0.3 is 5.32 Å².